The van der Waals surface area contributed by atoms with Crippen LogP contribution in [-0.4, -0.2) is 64.2 Å². The quantitative estimate of drug-likeness (QED) is 0.449. The number of likely N-dealkylation sites (tertiary alicyclic amines) is 1. The number of hydrogen-bond donors (Lipinski definition) is 1. The van der Waals surface area contributed by atoms with E-state index >= 15 is 0 Å². The largest absolute Gasteiger partial charge is 0.493 e. The molecule has 1 saturated heterocycles. The average molecular weight is 499 g/mol. The van der Waals surface area contributed by atoms with Crippen molar-refractivity contribution in [3.63, 3.8) is 0 Å². The molecule has 2 aromatic rings. The van der Waals surface area contributed by atoms with Crippen molar-refractivity contribution in [1.29, 1.82) is 0 Å². The molecular formula is C27H34N2O7. The normalized spacial score (nSPS) is 13.9. The highest BCUT2D eigenvalue weighted by molar-refractivity contribution is 5.98. The van der Waals surface area contributed by atoms with Crippen molar-refractivity contribution in [2.75, 3.05) is 41.5 Å². The number of methoxy groups -OCH3 is 4. The van der Waals surface area contributed by atoms with Gasteiger partial charge in [0, 0.05) is 32.4 Å². The highest BCUT2D eigenvalue weighted by atomic mass is 16.5. The molecule has 1 N–H and O–H groups in total. The number of carbonyl (C=O) groups is 3. The Balaban J connectivity index is 1.44. The van der Waals surface area contributed by atoms with Crippen LogP contribution in [0, 0.1) is 5.92 Å². The van der Waals surface area contributed by atoms with Crippen LogP contribution in [0.2, 0.25) is 0 Å². The van der Waals surface area contributed by atoms with Gasteiger partial charge in [-0.3, -0.25) is 19.3 Å². The minimum atomic E-state index is -0.289. The first-order valence-electron chi connectivity index (χ1n) is 11.9. The van der Waals surface area contributed by atoms with Gasteiger partial charge in [0.2, 0.25) is 17.7 Å². The Morgan fingerprint density at radius 3 is 1.81 bits per heavy atom. The molecule has 3 rings (SSSR count). The fourth-order valence-corrected chi connectivity index (χ4v) is 4.31. The molecule has 9 nitrogen and oxygen atoms in total. The highest BCUT2D eigenvalue weighted by Gasteiger charge is 2.33. The SMILES string of the molecule is COc1ccc(CCNC(=O)CC2CC(=O)N(CCc3ccc(OC)c(OC)c3)C(=O)C2)cc1OC. The predicted molar refractivity (Wildman–Crippen MR) is 134 cm³/mol. The van der Waals surface area contributed by atoms with Gasteiger partial charge in [-0.1, -0.05) is 12.1 Å². The molecule has 194 valence electrons. The monoisotopic (exact) mass is 498 g/mol. The number of piperidine rings is 1. The van der Waals surface area contributed by atoms with Crippen molar-refractivity contribution >= 4 is 17.7 Å². The first kappa shape index (κ1) is 26.8. The zero-order chi connectivity index (χ0) is 26.1. The van der Waals surface area contributed by atoms with E-state index in [0.29, 0.717) is 42.4 Å². The smallest absolute Gasteiger partial charge is 0.229 e. The molecule has 0 radical (unpaired) electrons. The van der Waals surface area contributed by atoms with Crippen molar-refractivity contribution in [1.82, 2.24) is 10.2 Å². The van der Waals surface area contributed by atoms with Crippen molar-refractivity contribution < 1.29 is 33.3 Å². The standard InChI is InChI=1S/C27H34N2O7/c1-33-21-7-5-18(13-23(21)35-3)9-11-28-25(30)15-20-16-26(31)29(27(32)17-20)12-10-19-6-8-22(34-2)24(14-19)36-4/h5-8,13-14,20H,9-12,15-17H2,1-4H3,(H,28,30). The van der Waals surface area contributed by atoms with Crippen LogP contribution < -0.4 is 24.3 Å². The second-order valence-corrected chi connectivity index (χ2v) is 8.65. The maximum atomic E-state index is 12.7. The van der Waals surface area contributed by atoms with Gasteiger partial charge in [-0.05, 0) is 54.2 Å². The van der Waals surface area contributed by atoms with E-state index in [1.807, 2.05) is 30.3 Å². The predicted octanol–water partition coefficient (Wildman–Crippen LogP) is 2.78. The summed E-state index contributed by atoms with van der Waals surface area (Å²) in [7, 11) is 6.28. The molecule has 36 heavy (non-hydrogen) atoms. The molecule has 3 amide bonds. The Hall–Kier alpha value is -3.75. The summed E-state index contributed by atoms with van der Waals surface area (Å²) in [5, 5.41) is 2.88. The van der Waals surface area contributed by atoms with Gasteiger partial charge in [0.25, 0.3) is 0 Å². The van der Waals surface area contributed by atoms with Gasteiger partial charge in [-0.2, -0.15) is 0 Å². The molecule has 0 unspecified atom stereocenters. The van der Waals surface area contributed by atoms with Gasteiger partial charge in [-0.15, -0.1) is 0 Å². The number of amides is 3. The third-order valence-corrected chi connectivity index (χ3v) is 6.26. The van der Waals surface area contributed by atoms with Gasteiger partial charge < -0.3 is 24.3 Å². The number of nitrogens with one attached hydrogen (secondary N) is 1. The molecule has 0 bridgehead atoms. The van der Waals surface area contributed by atoms with Crippen molar-refractivity contribution in [3.05, 3.63) is 47.5 Å². The number of carbonyl (C=O) groups excluding carboxylic acids is 3. The summed E-state index contributed by atoms with van der Waals surface area (Å²) in [5.74, 6) is 1.57. The van der Waals surface area contributed by atoms with Crippen LogP contribution in [0.4, 0.5) is 0 Å². The molecule has 0 spiro atoms. The van der Waals surface area contributed by atoms with E-state index in [-0.39, 0.29) is 49.4 Å². The highest BCUT2D eigenvalue weighted by Crippen LogP contribution is 2.29. The van der Waals surface area contributed by atoms with Crippen LogP contribution in [0.1, 0.15) is 30.4 Å². The zero-order valence-corrected chi connectivity index (χ0v) is 21.3. The molecule has 1 fully saturated rings. The van der Waals surface area contributed by atoms with Gasteiger partial charge >= 0.3 is 0 Å². The van der Waals surface area contributed by atoms with Crippen molar-refractivity contribution in [2.24, 2.45) is 5.92 Å². The van der Waals surface area contributed by atoms with Crippen LogP contribution in [-0.2, 0) is 27.2 Å². The molecule has 1 aliphatic heterocycles. The summed E-state index contributed by atoms with van der Waals surface area (Å²) in [4.78, 5) is 39.0. The maximum Gasteiger partial charge on any atom is 0.229 e. The second-order valence-electron chi connectivity index (χ2n) is 8.65. The lowest BCUT2D eigenvalue weighted by atomic mass is 9.91. The minimum absolute atomic E-state index is 0.146. The van der Waals surface area contributed by atoms with Gasteiger partial charge in [-0.25, -0.2) is 0 Å². The number of nitrogens with zero attached hydrogens (tertiary/aromatic N) is 1. The van der Waals surface area contributed by atoms with Gasteiger partial charge in [0.15, 0.2) is 23.0 Å². The third-order valence-electron chi connectivity index (χ3n) is 6.26. The van der Waals surface area contributed by atoms with Crippen LogP contribution in [0.5, 0.6) is 23.0 Å². The number of hydrogen-bond acceptors (Lipinski definition) is 7. The maximum absolute atomic E-state index is 12.7. The first-order chi connectivity index (χ1) is 17.4. The molecule has 1 heterocycles. The van der Waals surface area contributed by atoms with E-state index in [4.69, 9.17) is 18.9 Å². The van der Waals surface area contributed by atoms with Crippen molar-refractivity contribution in [3.8, 4) is 23.0 Å². The molecule has 1 aliphatic rings. The summed E-state index contributed by atoms with van der Waals surface area (Å²) < 4.78 is 21.1. The Kier molecular flexibility index (Phi) is 9.55. The van der Waals surface area contributed by atoms with Crippen LogP contribution in [0.3, 0.4) is 0 Å². The summed E-state index contributed by atoms with van der Waals surface area (Å²) in [6.45, 7) is 0.734. The number of benzene rings is 2. The molecule has 9 heteroatoms. The van der Waals surface area contributed by atoms with E-state index < -0.39 is 0 Å². The van der Waals surface area contributed by atoms with Gasteiger partial charge in [0.05, 0.1) is 28.4 Å². The molecule has 0 aromatic heterocycles. The number of rotatable bonds is 12. The summed E-state index contributed by atoms with van der Waals surface area (Å²) in [6.07, 6.45) is 1.64. The third kappa shape index (κ3) is 6.90. The zero-order valence-electron chi connectivity index (χ0n) is 21.3. The van der Waals surface area contributed by atoms with Crippen LogP contribution in [0.15, 0.2) is 36.4 Å². The van der Waals surface area contributed by atoms with E-state index in [2.05, 4.69) is 5.32 Å². The fourth-order valence-electron chi connectivity index (χ4n) is 4.31. The van der Waals surface area contributed by atoms with E-state index in [1.165, 1.54) is 4.90 Å². The Bertz CT molecular complexity index is 1070. The Morgan fingerprint density at radius 1 is 0.806 bits per heavy atom. The molecular weight excluding hydrogens is 464 g/mol. The second kappa shape index (κ2) is 12.8. The molecule has 0 aliphatic carbocycles. The topological polar surface area (TPSA) is 103 Å². The number of ether oxygens (including phenoxy) is 4. The molecule has 0 saturated carbocycles. The number of imide groups is 1. The molecule has 2 aromatic carbocycles. The van der Waals surface area contributed by atoms with E-state index in [0.717, 1.165) is 11.1 Å². The lowest BCUT2D eigenvalue weighted by Crippen LogP contribution is -2.45. The van der Waals surface area contributed by atoms with Gasteiger partial charge in [0.1, 0.15) is 0 Å². The lowest BCUT2D eigenvalue weighted by molar-refractivity contribution is -0.150. The fraction of sp³-hybridized carbons (Fsp3) is 0.444. The first-order valence-corrected chi connectivity index (χ1v) is 11.9. The van der Waals surface area contributed by atoms with Crippen molar-refractivity contribution in [2.45, 2.75) is 32.1 Å². The summed E-state index contributed by atoms with van der Waals surface area (Å²) in [6, 6.07) is 11.1. The van der Waals surface area contributed by atoms with Crippen LogP contribution >= 0.6 is 0 Å². The minimum Gasteiger partial charge on any atom is -0.493 e. The Labute approximate surface area is 211 Å². The molecule has 0 atom stereocenters. The van der Waals surface area contributed by atoms with E-state index in [1.54, 1.807) is 34.5 Å². The lowest BCUT2D eigenvalue weighted by Gasteiger charge is -2.29. The average Bonchev–Trinajstić information content (AvgIpc) is 2.87. The van der Waals surface area contributed by atoms with Crippen LogP contribution in [0.25, 0.3) is 0 Å². The summed E-state index contributed by atoms with van der Waals surface area (Å²) >= 11 is 0. The summed E-state index contributed by atoms with van der Waals surface area (Å²) in [5.41, 5.74) is 1.94. The van der Waals surface area contributed by atoms with E-state index in [9.17, 15) is 14.4 Å². The Morgan fingerprint density at radius 2 is 1.31 bits per heavy atom.